The van der Waals surface area contributed by atoms with Crippen LogP contribution >= 0.6 is 0 Å². The van der Waals surface area contributed by atoms with Crippen molar-refractivity contribution in [1.29, 1.82) is 0 Å². The molecular weight excluding hydrogens is 410 g/mol. The maximum atomic E-state index is 13.8. The first-order valence-electron chi connectivity index (χ1n) is 11.2. The number of carbonyl (C=O) groups excluding carboxylic acids is 1. The molecule has 0 N–H and O–H groups in total. The van der Waals surface area contributed by atoms with Crippen LogP contribution in [0.25, 0.3) is 10.9 Å². The van der Waals surface area contributed by atoms with Gasteiger partial charge in [-0.3, -0.25) is 9.79 Å². The second-order valence-corrected chi connectivity index (χ2v) is 11.4. The smallest absolute Gasteiger partial charge is 0.255 e. The minimum atomic E-state index is -2.97. The van der Waals surface area contributed by atoms with Crippen molar-refractivity contribution in [2.45, 2.75) is 57.2 Å². The largest absolute Gasteiger partial charge is 0.347 e. The van der Waals surface area contributed by atoms with Gasteiger partial charge in [0.1, 0.15) is 9.84 Å². The third-order valence-electron chi connectivity index (χ3n) is 6.74. The quantitative estimate of drug-likeness (QED) is 0.662. The van der Waals surface area contributed by atoms with Crippen LogP contribution in [0.15, 0.2) is 46.6 Å². The molecule has 2 heterocycles. The van der Waals surface area contributed by atoms with E-state index >= 15 is 0 Å². The number of rotatable bonds is 7. The molecule has 164 valence electrons. The van der Waals surface area contributed by atoms with Crippen molar-refractivity contribution in [3.05, 3.63) is 47.2 Å². The number of aliphatic imine (C=N–C) groups is 1. The van der Waals surface area contributed by atoms with Crippen molar-refractivity contribution in [2.75, 3.05) is 18.6 Å². The molecule has 1 atom stereocenters. The number of nitrogens with zero attached hydrogens (tertiary/aromatic N) is 3. The standard InChI is InChI=1S/C24H29N3O3S/c1-31(29,30)13-3-11-26-12-10-21-22(4-2-5-23(21)26)24(28)27(19-8-9-19)20-7-6-17-15-25-16-18(17)14-20/h2,4-5,10,12,16,19-20H,3,6-9,11,13-15H2,1H3. The second-order valence-electron chi connectivity index (χ2n) is 9.17. The van der Waals surface area contributed by atoms with Gasteiger partial charge >= 0.3 is 0 Å². The van der Waals surface area contributed by atoms with Crippen LogP contribution < -0.4 is 0 Å². The normalized spacial score (nSPS) is 21.0. The van der Waals surface area contributed by atoms with Gasteiger partial charge in [-0.1, -0.05) is 6.07 Å². The molecule has 2 aliphatic carbocycles. The lowest BCUT2D eigenvalue weighted by Gasteiger charge is -2.35. The van der Waals surface area contributed by atoms with Crippen LogP contribution in [0.1, 0.15) is 48.9 Å². The minimum Gasteiger partial charge on any atom is -0.347 e. The van der Waals surface area contributed by atoms with Crippen LogP contribution in [0, 0.1) is 0 Å². The van der Waals surface area contributed by atoms with Gasteiger partial charge in [-0.15, -0.1) is 0 Å². The van der Waals surface area contributed by atoms with Gasteiger partial charge in [-0.25, -0.2) is 8.42 Å². The fourth-order valence-corrected chi connectivity index (χ4v) is 5.71. The van der Waals surface area contributed by atoms with E-state index in [0.717, 1.165) is 55.1 Å². The Morgan fingerprint density at radius 2 is 2.03 bits per heavy atom. The van der Waals surface area contributed by atoms with Crippen molar-refractivity contribution in [2.24, 2.45) is 4.99 Å². The summed E-state index contributed by atoms with van der Waals surface area (Å²) in [6.07, 6.45) is 11.0. The Morgan fingerprint density at radius 3 is 2.81 bits per heavy atom. The van der Waals surface area contributed by atoms with Crippen molar-refractivity contribution in [3.8, 4) is 0 Å². The van der Waals surface area contributed by atoms with Gasteiger partial charge in [0.05, 0.1) is 12.3 Å². The third kappa shape index (κ3) is 4.20. The molecular formula is C24H29N3O3S. The fourth-order valence-electron chi connectivity index (χ4n) is 5.05. The number of hydrogen-bond acceptors (Lipinski definition) is 4. The maximum Gasteiger partial charge on any atom is 0.255 e. The maximum absolute atomic E-state index is 13.8. The van der Waals surface area contributed by atoms with Crippen LogP contribution in [-0.4, -0.2) is 60.6 Å². The highest BCUT2D eigenvalue weighted by Gasteiger charge is 2.40. The van der Waals surface area contributed by atoms with E-state index in [-0.39, 0.29) is 17.7 Å². The molecule has 1 amide bonds. The van der Waals surface area contributed by atoms with Gasteiger partial charge in [0.15, 0.2) is 0 Å². The third-order valence-corrected chi connectivity index (χ3v) is 7.77. The first-order chi connectivity index (χ1) is 14.9. The van der Waals surface area contributed by atoms with E-state index in [2.05, 4.69) is 14.5 Å². The predicted molar refractivity (Wildman–Crippen MR) is 123 cm³/mol. The molecule has 7 heteroatoms. The summed E-state index contributed by atoms with van der Waals surface area (Å²) < 4.78 is 25.0. The molecule has 1 aliphatic heterocycles. The summed E-state index contributed by atoms with van der Waals surface area (Å²) in [6, 6.07) is 8.49. The fraction of sp³-hybridized carbons (Fsp3) is 0.500. The number of sulfone groups is 1. The van der Waals surface area contributed by atoms with Gasteiger partial charge < -0.3 is 9.47 Å². The lowest BCUT2D eigenvalue weighted by molar-refractivity contribution is 0.0647. The van der Waals surface area contributed by atoms with Crippen LogP contribution in [0.5, 0.6) is 0 Å². The molecule has 0 spiro atoms. The Kier molecular flexibility index (Phi) is 5.24. The summed E-state index contributed by atoms with van der Waals surface area (Å²) in [6.45, 7) is 1.46. The molecule has 1 unspecified atom stereocenters. The van der Waals surface area contributed by atoms with Gasteiger partial charge in [-0.05, 0) is 67.9 Å². The molecule has 1 aromatic carbocycles. The summed E-state index contributed by atoms with van der Waals surface area (Å²) in [4.78, 5) is 20.4. The average molecular weight is 440 g/mol. The highest BCUT2D eigenvalue weighted by Crippen LogP contribution is 2.38. The van der Waals surface area contributed by atoms with Gasteiger partial charge in [0.2, 0.25) is 0 Å². The predicted octanol–water partition coefficient (Wildman–Crippen LogP) is 3.61. The number of aryl methyl sites for hydroxylation is 1. The summed E-state index contributed by atoms with van der Waals surface area (Å²) >= 11 is 0. The summed E-state index contributed by atoms with van der Waals surface area (Å²) in [5.74, 6) is 0.301. The highest BCUT2D eigenvalue weighted by atomic mass is 32.2. The minimum absolute atomic E-state index is 0.131. The first-order valence-corrected chi connectivity index (χ1v) is 13.3. The number of carbonyl (C=O) groups is 1. The van der Waals surface area contributed by atoms with E-state index in [1.54, 1.807) is 0 Å². The summed E-state index contributed by atoms with van der Waals surface area (Å²) in [5.41, 5.74) is 4.54. The number of amides is 1. The molecule has 0 saturated heterocycles. The highest BCUT2D eigenvalue weighted by molar-refractivity contribution is 7.90. The molecule has 6 nitrogen and oxygen atoms in total. The molecule has 1 aromatic heterocycles. The topological polar surface area (TPSA) is 71.7 Å². The number of aromatic nitrogens is 1. The van der Waals surface area contributed by atoms with Gasteiger partial charge in [0, 0.05) is 53.8 Å². The zero-order valence-corrected chi connectivity index (χ0v) is 18.8. The SMILES string of the molecule is CS(=O)(=O)CCCn1ccc2c(C(=O)N(C3CC3)C3CCC4=C(C=NC4)C3)cccc21. The van der Waals surface area contributed by atoms with E-state index in [9.17, 15) is 13.2 Å². The van der Waals surface area contributed by atoms with Crippen molar-refractivity contribution in [3.63, 3.8) is 0 Å². The monoisotopic (exact) mass is 439 g/mol. The Balaban J connectivity index is 1.40. The number of benzene rings is 1. The van der Waals surface area contributed by atoms with E-state index in [4.69, 9.17) is 0 Å². The van der Waals surface area contributed by atoms with Crippen LogP contribution in [0.3, 0.4) is 0 Å². The van der Waals surface area contributed by atoms with Gasteiger partial charge in [-0.2, -0.15) is 0 Å². The lowest BCUT2D eigenvalue weighted by atomic mass is 9.88. The second kappa shape index (κ2) is 7.93. The van der Waals surface area contributed by atoms with Crippen molar-refractivity contribution in [1.82, 2.24) is 9.47 Å². The van der Waals surface area contributed by atoms with E-state index < -0.39 is 9.84 Å². The molecule has 1 saturated carbocycles. The number of hydrogen-bond donors (Lipinski definition) is 0. The van der Waals surface area contributed by atoms with E-state index in [1.807, 2.05) is 36.7 Å². The zero-order valence-electron chi connectivity index (χ0n) is 18.0. The van der Waals surface area contributed by atoms with Crippen LogP contribution in [0.4, 0.5) is 0 Å². The molecule has 3 aliphatic rings. The molecule has 0 bridgehead atoms. The lowest BCUT2D eigenvalue weighted by Crippen LogP contribution is -2.43. The Morgan fingerprint density at radius 1 is 1.19 bits per heavy atom. The Labute approximate surface area is 183 Å². The van der Waals surface area contributed by atoms with Crippen LogP contribution in [-0.2, 0) is 16.4 Å². The molecule has 2 aromatic rings. The van der Waals surface area contributed by atoms with E-state index in [1.165, 1.54) is 17.4 Å². The molecule has 1 fully saturated rings. The Bertz CT molecular complexity index is 1190. The first kappa shape index (κ1) is 20.5. The molecule has 31 heavy (non-hydrogen) atoms. The van der Waals surface area contributed by atoms with E-state index in [0.29, 0.717) is 19.0 Å². The zero-order chi connectivity index (χ0) is 21.6. The van der Waals surface area contributed by atoms with Crippen molar-refractivity contribution < 1.29 is 13.2 Å². The number of fused-ring (bicyclic) bond motifs is 1. The average Bonchev–Trinajstić information content (AvgIpc) is 3.29. The summed E-state index contributed by atoms with van der Waals surface area (Å²) in [5, 5.41) is 0.954. The van der Waals surface area contributed by atoms with Crippen LogP contribution in [0.2, 0.25) is 0 Å². The summed E-state index contributed by atoms with van der Waals surface area (Å²) in [7, 11) is -2.97. The molecule has 5 rings (SSSR count). The molecule has 0 radical (unpaired) electrons. The van der Waals surface area contributed by atoms with Crippen molar-refractivity contribution >= 4 is 32.9 Å². The van der Waals surface area contributed by atoms with Gasteiger partial charge in [0.25, 0.3) is 5.91 Å². The Hall–Kier alpha value is -2.41.